The van der Waals surface area contributed by atoms with E-state index in [0.29, 0.717) is 39.9 Å². The van der Waals surface area contributed by atoms with Crippen molar-refractivity contribution in [3.63, 3.8) is 0 Å². The number of rotatable bonds is 7. The van der Waals surface area contributed by atoms with Crippen molar-refractivity contribution in [2.45, 2.75) is 23.6 Å². The summed E-state index contributed by atoms with van der Waals surface area (Å²) in [6, 6.07) is 8.00. The first-order valence-electron chi connectivity index (χ1n) is 10.8. The van der Waals surface area contributed by atoms with Gasteiger partial charge in [0.1, 0.15) is 17.3 Å². The van der Waals surface area contributed by atoms with E-state index in [1.807, 2.05) is 6.07 Å². The smallest absolute Gasteiger partial charge is 0.174 e. The zero-order valence-electron chi connectivity index (χ0n) is 19.0. The zero-order valence-corrected chi connectivity index (χ0v) is 19.8. The fourth-order valence-electron chi connectivity index (χ4n) is 4.82. The Kier molecular flexibility index (Phi) is 5.73. The first kappa shape index (κ1) is 23.3. The lowest BCUT2D eigenvalue weighted by atomic mass is 9.85. The van der Waals surface area contributed by atoms with E-state index < -0.39 is 17.2 Å². The van der Waals surface area contributed by atoms with E-state index in [9.17, 15) is 4.39 Å². The molecule has 1 fully saturated rings. The average molecular weight is 497 g/mol. The van der Waals surface area contributed by atoms with Gasteiger partial charge in [0.2, 0.25) is 0 Å². The number of nitrogens with two attached hydrogens (primary N) is 1. The van der Waals surface area contributed by atoms with Gasteiger partial charge in [-0.3, -0.25) is 4.99 Å². The van der Waals surface area contributed by atoms with Crippen LogP contribution in [0.4, 0.5) is 20.3 Å². The molecule has 3 N–H and O–H groups in total. The van der Waals surface area contributed by atoms with E-state index in [-0.39, 0.29) is 22.8 Å². The van der Waals surface area contributed by atoms with Crippen LogP contribution in [0.2, 0.25) is 0 Å². The predicted octanol–water partition coefficient (Wildman–Crippen LogP) is 4.24. The van der Waals surface area contributed by atoms with Crippen LogP contribution in [-0.4, -0.2) is 40.2 Å². The predicted molar refractivity (Wildman–Crippen MR) is 130 cm³/mol. The van der Waals surface area contributed by atoms with E-state index in [4.69, 9.17) is 20.5 Å². The molecule has 0 bridgehead atoms. The number of halogens is 2. The quantitative estimate of drug-likeness (QED) is 0.499. The SMILES string of the molecule is COC[C@]12C[C@H]1[C@](C)(c1cc(Nc3nccc4cc(OCC#N)cnc34)cc(F)c1F)N=C(N)S2. The number of aliphatic imine (C=N–C) groups is 1. The van der Waals surface area contributed by atoms with Crippen LogP contribution < -0.4 is 15.8 Å². The number of thioether (sulfide) groups is 1. The Balaban J connectivity index is 1.52. The number of aromatic nitrogens is 2. The maximum absolute atomic E-state index is 15.2. The molecule has 1 saturated carbocycles. The summed E-state index contributed by atoms with van der Waals surface area (Å²) in [4.78, 5) is 13.3. The lowest BCUT2D eigenvalue weighted by molar-refractivity contribution is 0.184. The van der Waals surface area contributed by atoms with Gasteiger partial charge in [-0.25, -0.2) is 18.7 Å². The third-order valence-electron chi connectivity index (χ3n) is 6.46. The molecule has 35 heavy (non-hydrogen) atoms. The summed E-state index contributed by atoms with van der Waals surface area (Å²) in [6.07, 6.45) is 3.77. The van der Waals surface area contributed by atoms with E-state index in [0.717, 1.165) is 12.5 Å². The van der Waals surface area contributed by atoms with Gasteiger partial charge in [-0.05, 0) is 31.5 Å². The molecule has 0 unspecified atom stereocenters. The molecule has 0 saturated heterocycles. The third-order valence-corrected chi connectivity index (χ3v) is 7.73. The fraction of sp³-hybridized carbons (Fsp3) is 0.333. The number of amidine groups is 1. The molecule has 11 heteroatoms. The number of ether oxygens (including phenoxy) is 2. The van der Waals surface area contributed by atoms with E-state index in [1.165, 1.54) is 18.0 Å². The number of anilines is 2. The molecule has 2 aromatic heterocycles. The summed E-state index contributed by atoms with van der Waals surface area (Å²) in [5, 5.41) is 12.8. The Labute approximate surface area is 204 Å². The normalized spacial score (nSPS) is 24.9. The molecule has 1 aromatic carbocycles. The number of nitrogens with zero attached hydrogens (tertiary/aromatic N) is 4. The van der Waals surface area contributed by atoms with E-state index >= 15 is 4.39 Å². The molecule has 3 heterocycles. The third kappa shape index (κ3) is 4.02. The highest BCUT2D eigenvalue weighted by Gasteiger charge is 2.66. The number of methoxy groups -OCH3 is 1. The van der Waals surface area contributed by atoms with Crippen molar-refractivity contribution in [2.24, 2.45) is 16.6 Å². The van der Waals surface area contributed by atoms with Gasteiger partial charge >= 0.3 is 0 Å². The molecule has 0 amide bonds. The summed E-state index contributed by atoms with van der Waals surface area (Å²) < 4.78 is 40.4. The van der Waals surface area contributed by atoms with Crippen LogP contribution in [0, 0.1) is 28.9 Å². The Hall–Kier alpha value is -3.49. The van der Waals surface area contributed by atoms with Crippen LogP contribution in [-0.2, 0) is 10.3 Å². The number of hydrogen-bond acceptors (Lipinski definition) is 9. The van der Waals surface area contributed by atoms with Gasteiger partial charge < -0.3 is 20.5 Å². The second-order valence-corrected chi connectivity index (χ2v) is 10.2. The first-order valence-corrected chi connectivity index (χ1v) is 11.7. The van der Waals surface area contributed by atoms with E-state index in [1.54, 1.807) is 38.4 Å². The van der Waals surface area contributed by atoms with Gasteiger partial charge in [0, 0.05) is 41.9 Å². The molecule has 2 aliphatic rings. The Bertz CT molecular complexity index is 1400. The number of nitrogens with one attached hydrogen (secondary N) is 1. The molecule has 3 atom stereocenters. The van der Waals surface area contributed by atoms with Crippen LogP contribution in [0.15, 0.2) is 41.7 Å². The molecule has 8 nitrogen and oxygen atoms in total. The first-order chi connectivity index (χ1) is 16.8. The average Bonchev–Trinajstić information content (AvgIpc) is 3.54. The highest BCUT2D eigenvalue weighted by molar-refractivity contribution is 8.15. The molecular weight excluding hydrogens is 474 g/mol. The van der Waals surface area contributed by atoms with Gasteiger partial charge in [-0.1, -0.05) is 11.8 Å². The molecule has 5 rings (SSSR count). The van der Waals surface area contributed by atoms with Crippen molar-refractivity contribution >= 4 is 39.3 Å². The molecule has 3 aromatic rings. The molecule has 0 radical (unpaired) electrons. The van der Waals surface area contributed by atoms with Crippen molar-refractivity contribution in [3.8, 4) is 11.8 Å². The number of benzene rings is 1. The second-order valence-electron chi connectivity index (χ2n) is 8.75. The van der Waals surface area contributed by atoms with Crippen LogP contribution in [0.25, 0.3) is 10.9 Å². The lowest BCUT2D eigenvalue weighted by Crippen LogP contribution is -2.37. The van der Waals surface area contributed by atoms with Crippen molar-refractivity contribution < 1.29 is 18.3 Å². The lowest BCUT2D eigenvalue weighted by Gasteiger charge is -2.34. The summed E-state index contributed by atoms with van der Waals surface area (Å²) in [5.41, 5.74) is 5.99. The summed E-state index contributed by atoms with van der Waals surface area (Å²) in [5.74, 6) is -1.21. The Morgan fingerprint density at radius 2 is 2.14 bits per heavy atom. The fourth-order valence-corrected chi connectivity index (χ4v) is 6.27. The van der Waals surface area contributed by atoms with Crippen molar-refractivity contribution in [3.05, 3.63) is 53.9 Å². The second kappa shape index (κ2) is 8.62. The molecular formula is C24H22F2N6O2S. The topological polar surface area (TPSA) is 118 Å². The van der Waals surface area contributed by atoms with Gasteiger partial charge in [-0.2, -0.15) is 5.26 Å². The minimum absolute atomic E-state index is 0.0550. The van der Waals surface area contributed by atoms with Gasteiger partial charge in [0.05, 0.1) is 23.1 Å². The number of pyridine rings is 2. The molecule has 1 aliphatic carbocycles. The number of fused-ring (bicyclic) bond motifs is 2. The maximum Gasteiger partial charge on any atom is 0.174 e. The summed E-state index contributed by atoms with van der Waals surface area (Å²) >= 11 is 1.43. The minimum atomic E-state index is -1.05. The van der Waals surface area contributed by atoms with Crippen molar-refractivity contribution in [1.82, 2.24) is 9.97 Å². The van der Waals surface area contributed by atoms with Gasteiger partial charge in [-0.15, -0.1) is 0 Å². The standard InChI is InChI=1S/C24H22F2N6O2S/c1-23(18-10-24(18,12-33-2)35-22(28)32-23)16-8-14(9-17(25)19(16)26)31-21-20-13(3-5-29-21)7-15(11-30-20)34-6-4-27/h3,5,7-9,11,18H,6,10,12H2,1-2H3,(H2,28,32)(H,29,31)/t18-,23-,24+/m0/s1. The monoisotopic (exact) mass is 496 g/mol. The minimum Gasteiger partial charge on any atom is -0.477 e. The zero-order chi connectivity index (χ0) is 24.8. The summed E-state index contributed by atoms with van der Waals surface area (Å²) in [6.45, 7) is 2.13. The Morgan fingerprint density at radius 1 is 1.31 bits per heavy atom. The van der Waals surface area contributed by atoms with Gasteiger partial charge in [0.25, 0.3) is 0 Å². The molecule has 0 spiro atoms. The largest absolute Gasteiger partial charge is 0.477 e. The van der Waals surface area contributed by atoms with Gasteiger partial charge in [0.15, 0.2) is 29.2 Å². The highest BCUT2D eigenvalue weighted by atomic mass is 32.2. The molecule has 1 aliphatic heterocycles. The number of nitriles is 1. The highest BCUT2D eigenvalue weighted by Crippen LogP contribution is 2.66. The summed E-state index contributed by atoms with van der Waals surface area (Å²) in [7, 11) is 1.61. The van der Waals surface area contributed by atoms with Crippen LogP contribution in [0.3, 0.4) is 0 Å². The molecule has 180 valence electrons. The Morgan fingerprint density at radius 3 is 2.91 bits per heavy atom. The van der Waals surface area contributed by atoms with Crippen molar-refractivity contribution in [1.29, 1.82) is 5.26 Å². The van der Waals surface area contributed by atoms with Crippen molar-refractivity contribution in [2.75, 3.05) is 25.6 Å². The van der Waals surface area contributed by atoms with Crippen LogP contribution in [0.5, 0.6) is 5.75 Å². The maximum atomic E-state index is 15.2. The van der Waals surface area contributed by atoms with Crippen LogP contribution >= 0.6 is 11.8 Å². The van der Waals surface area contributed by atoms with Crippen LogP contribution in [0.1, 0.15) is 18.9 Å². The van der Waals surface area contributed by atoms with E-state index in [2.05, 4.69) is 20.3 Å². The number of hydrogen-bond donors (Lipinski definition) is 2.